The van der Waals surface area contributed by atoms with Crippen molar-refractivity contribution in [2.45, 2.75) is 25.8 Å². The third-order valence-corrected chi connectivity index (χ3v) is 3.73. The standard InChI is InChI=1S/C17H18ClF2N/c1-2-21-16(9-12-3-5-14(19)6-4-12)11-13-10-15(20)7-8-17(13)18/h3-8,10,16,21H,2,9,11H2,1H3. The van der Waals surface area contributed by atoms with Crippen LogP contribution < -0.4 is 5.32 Å². The third kappa shape index (κ3) is 4.80. The highest BCUT2D eigenvalue weighted by molar-refractivity contribution is 6.31. The number of halogens is 3. The van der Waals surface area contributed by atoms with Gasteiger partial charge in [-0.05, 0) is 60.8 Å². The Kier molecular flexibility index (Phi) is 5.71. The average Bonchev–Trinajstić information content (AvgIpc) is 2.45. The smallest absolute Gasteiger partial charge is 0.123 e. The number of benzene rings is 2. The molecule has 4 heteroatoms. The third-order valence-electron chi connectivity index (χ3n) is 3.36. The van der Waals surface area contributed by atoms with E-state index < -0.39 is 0 Å². The SMILES string of the molecule is CCNC(Cc1ccc(F)cc1)Cc1cc(F)ccc1Cl. The summed E-state index contributed by atoms with van der Waals surface area (Å²) in [6.45, 7) is 2.82. The first-order chi connectivity index (χ1) is 10.1. The molecule has 0 spiro atoms. The Hall–Kier alpha value is -1.45. The van der Waals surface area contributed by atoms with E-state index >= 15 is 0 Å². The van der Waals surface area contributed by atoms with Gasteiger partial charge in [-0.25, -0.2) is 8.78 Å². The first kappa shape index (κ1) is 15.9. The predicted octanol–water partition coefficient (Wildman–Crippen LogP) is 4.38. The van der Waals surface area contributed by atoms with Gasteiger partial charge in [0.25, 0.3) is 0 Å². The summed E-state index contributed by atoms with van der Waals surface area (Å²) in [6, 6.07) is 11.0. The molecule has 0 saturated heterocycles. The molecule has 0 radical (unpaired) electrons. The lowest BCUT2D eigenvalue weighted by Crippen LogP contribution is -2.33. The van der Waals surface area contributed by atoms with Crippen molar-refractivity contribution < 1.29 is 8.78 Å². The molecule has 1 N–H and O–H groups in total. The second-order valence-corrected chi connectivity index (χ2v) is 5.43. The van der Waals surface area contributed by atoms with E-state index in [1.54, 1.807) is 18.2 Å². The molecule has 0 aliphatic heterocycles. The summed E-state index contributed by atoms with van der Waals surface area (Å²) in [5.41, 5.74) is 1.82. The van der Waals surface area contributed by atoms with E-state index in [0.717, 1.165) is 24.1 Å². The molecule has 0 amide bonds. The molecule has 0 bridgehead atoms. The Labute approximate surface area is 128 Å². The second-order valence-electron chi connectivity index (χ2n) is 5.03. The molecular formula is C17H18ClF2N. The van der Waals surface area contributed by atoms with Crippen molar-refractivity contribution in [3.05, 3.63) is 70.2 Å². The Morgan fingerprint density at radius 1 is 1.00 bits per heavy atom. The molecular weight excluding hydrogens is 292 g/mol. The van der Waals surface area contributed by atoms with Gasteiger partial charge in [0.1, 0.15) is 11.6 Å². The fraction of sp³-hybridized carbons (Fsp3) is 0.294. The average molecular weight is 310 g/mol. The van der Waals surface area contributed by atoms with Gasteiger partial charge in [-0.3, -0.25) is 0 Å². The predicted molar refractivity (Wildman–Crippen MR) is 82.7 cm³/mol. The maximum absolute atomic E-state index is 13.3. The molecule has 1 nitrogen and oxygen atoms in total. The van der Waals surface area contributed by atoms with Crippen LogP contribution in [0, 0.1) is 11.6 Å². The quantitative estimate of drug-likeness (QED) is 0.835. The van der Waals surface area contributed by atoms with E-state index in [1.165, 1.54) is 24.3 Å². The molecule has 21 heavy (non-hydrogen) atoms. The van der Waals surface area contributed by atoms with Gasteiger partial charge < -0.3 is 5.32 Å². The summed E-state index contributed by atoms with van der Waals surface area (Å²) >= 11 is 6.12. The summed E-state index contributed by atoms with van der Waals surface area (Å²) in [4.78, 5) is 0. The highest BCUT2D eigenvalue weighted by atomic mass is 35.5. The van der Waals surface area contributed by atoms with Crippen LogP contribution in [0.3, 0.4) is 0 Å². The molecule has 0 aliphatic carbocycles. The van der Waals surface area contributed by atoms with Crippen molar-refractivity contribution in [3.63, 3.8) is 0 Å². The van der Waals surface area contributed by atoms with Crippen LogP contribution >= 0.6 is 11.6 Å². The van der Waals surface area contributed by atoms with Gasteiger partial charge in [-0.15, -0.1) is 0 Å². The summed E-state index contributed by atoms with van der Waals surface area (Å²) in [5, 5.41) is 3.93. The minimum atomic E-state index is -0.286. The number of rotatable bonds is 6. The number of hydrogen-bond acceptors (Lipinski definition) is 1. The van der Waals surface area contributed by atoms with Crippen LogP contribution in [0.5, 0.6) is 0 Å². The topological polar surface area (TPSA) is 12.0 Å². The zero-order valence-electron chi connectivity index (χ0n) is 11.9. The van der Waals surface area contributed by atoms with Gasteiger partial charge in [0.15, 0.2) is 0 Å². The molecule has 112 valence electrons. The lowest BCUT2D eigenvalue weighted by atomic mass is 9.98. The van der Waals surface area contributed by atoms with E-state index in [4.69, 9.17) is 11.6 Å². The Bertz CT molecular complexity index is 584. The summed E-state index contributed by atoms with van der Waals surface area (Å²) in [5.74, 6) is -0.529. The van der Waals surface area contributed by atoms with E-state index in [1.807, 2.05) is 6.92 Å². The van der Waals surface area contributed by atoms with E-state index in [2.05, 4.69) is 5.32 Å². The van der Waals surface area contributed by atoms with Crippen LogP contribution in [0.2, 0.25) is 5.02 Å². The molecule has 2 aromatic carbocycles. The van der Waals surface area contributed by atoms with Gasteiger partial charge in [0, 0.05) is 11.1 Å². The van der Waals surface area contributed by atoms with Crippen molar-refractivity contribution in [1.82, 2.24) is 5.32 Å². The zero-order chi connectivity index (χ0) is 15.2. The summed E-state index contributed by atoms with van der Waals surface area (Å²) in [7, 11) is 0. The first-order valence-electron chi connectivity index (χ1n) is 7.00. The summed E-state index contributed by atoms with van der Waals surface area (Å²) in [6.07, 6.45) is 1.36. The monoisotopic (exact) mass is 309 g/mol. The van der Waals surface area contributed by atoms with Gasteiger partial charge in [0.05, 0.1) is 0 Å². The summed E-state index contributed by atoms with van der Waals surface area (Å²) < 4.78 is 26.3. The Morgan fingerprint density at radius 3 is 2.33 bits per heavy atom. The van der Waals surface area contributed by atoms with Crippen molar-refractivity contribution in [3.8, 4) is 0 Å². The zero-order valence-corrected chi connectivity index (χ0v) is 12.6. The maximum Gasteiger partial charge on any atom is 0.123 e. The highest BCUT2D eigenvalue weighted by Crippen LogP contribution is 2.20. The van der Waals surface area contributed by atoms with Gasteiger partial charge in [0.2, 0.25) is 0 Å². The van der Waals surface area contributed by atoms with Crippen LogP contribution in [0.15, 0.2) is 42.5 Å². The van der Waals surface area contributed by atoms with Crippen molar-refractivity contribution in [2.24, 2.45) is 0 Å². The molecule has 1 unspecified atom stereocenters. The fourth-order valence-electron chi connectivity index (χ4n) is 2.38. The van der Waals surface area contributed by atoms with Crippen LogP contribution in [-0.4, -0.2) is 12.6 Å². The second kappa shape index (κ2) is 7.53. The Morgan fingerprint density at radius 2 is 1.67 bits per heavy atom. The van der Waals surface area contributed by atoms with Crippen LogP contribution in [0.4, 0.5) is 8.78 Å². The van der Waals surface area contributed by atoms with E-state index in [-0.39, 0.29) is 17.7 Å². The molecule has 2 aromatic rings. The maximum atomic E-state index is 13.3. The van der Waals surface area contributed by atoms with E-state index in [9.17, 15) is 8.78 Å². The van der Waals surface area contributed by atoms with E-state index in [0.29, 0.717) is 11.4 Å². The van der Waals surface area contributed by atoms with Crippen LogP contribution in [0.1, 0.15) is 18.1 Å². The van der Waals surface area contributed by atoms with Gasteiger partial charge >= 0.3 is 0 Å². The van der Waals surface area contributed by atoms with Gasteiger partial charge in [-0.2, -0.15) is 0 Å². The minimum absolute atomic E-state index is 0.125. The molecule has 0 aromatic heterocycles. The lowest BCUT2D eigenvalue weighted by Gasteiger charge is -2.19. The van der Waals surface area contributed by atoms with Gasteiger partial charge in [-0.1, -0.05) is 30.7 Å². The molecule has 0 aliphatic rings. The van der Waals surface area contributed by atoms with Crippen molar-refractivity contribution >= 4 is 11.6 Å². The fourth-order valence-corrected chi connectivity index (χ4v) is 2.57. The first-order valence-corrected chi connectivity index (χ1v) is 7.38. The molecule has 0 saturated carbocycles. The number of nitrogens with one attached hydrogen (secondary N) is 1. The molecule has 1 atom stereocenters. The van der Waals surface area contributed by atoms with Crippen LogP contribution in [-0.2, 0) is 12.8 Å². The highest BCUT2D eigenvalue weighted by Gasteiger charge is 2.12. The Balaban J connectivity index is 2.11. The lowest BCUT2D eigenvalue weighted by molar-refractivity contribution is 0.519. The normalized spacial score (nSPS) is 12.4. The van der Waals surface area contributed by atoms with Crippen molar-refractivity contribution in [2.75, 3.05) is 6.54 Å². The molecule has 0 heterocycles. The largest absolute Gasteiger partial charge is 0.314 e. The molecule has 2 rings (SSSR count). The number of likely N-dealkylation sites (N-methyl/N-ethyl adjacent to an activating group) is 1. The van der Waals surface area contributed by atoms with Crippen LogP contribution in [0.25, 0.3) is 0 Å². The minimum Gasteiger partial charge on any atom is -0.314 e. The number of hydrogen-bond donors (Lipinski definition) is 1. The molecule has 0 fully saturated rings. The van der Waals surface area contributed by atoms with Crippen molar-refractivity contribution in [1.29, 1.82) is 0 Å².